The number of pyridine rings is 1. The second kappa shape index (κ2) is 8.50. The van der Waals surface area contributed by atoms with Crippen LogP contribution in [0.2, 0.25) is 0 Å². The zero-order chi connectivity index (χ0) is 22.2. The number of rotatable bonds is 4. The predicted octanol–water partition coefficient (Wildman–Crippen LogP) is 3.78. The molecule has 0 bridgehead atoms. The molecule has 1 N–H and O–H groups in total. The quantitative estimate of drug-likeness (QED) is 0.672. The van der Waals surface area contributed by atoms with Crippen LogP contribution >= 0.6 is 0 Å². The number of carbonyl (C=O) groups is 1. The van der Waals surface area contributed by atoms with E-state index in [2.05, 4.69) is 27.3 Å². The summed E-state index contributed by atoms with van der Waals surface area (Å²) >= 11 is 0. The lowest BCUT2D eigenvalue weighted by molar-refractivity contribution is 0.0918. The maximum Gasteiger partial charge on any atom is 0.255 e. The summed E-state index contributed by atoms with van der Waals surface area (Å²) in [6, 6.07) is 7.37. The maximum absolute atomic E-state index is 14.5. The molecule has 168 valence electrons. The number of piperidine rings is 1. The highest BCUT2D eigenvalue weighted by molar-refractivity contribution is 6.01. The number of hydrogen-bond donors (Lipinski definition) is 1. The summed E-state index contributed by atoms with van der Waals surface area (Å²) < 4.78 is 30.0. The third kappa shape index (κ3) is 3.95. The van der Waals surface area contributed by atoms with Crippen molar-refractivity contribution in [1.82, 2.24) is 19.8 Å². The number of halogens is 2. The highest BCUT2D eigenvalue weighted by atomic mass is 19.1. The zero-order valence-electron chi connectivity index (χ0n) is 18.1. The van der Waals surface area contributed by atoms with E-state index in [0.29, 0.717) is 16.6 Å². The van der Waals surface area contributed by atoms with Gasteiger partial charge in [0, 0.05) is 30.0 Å². The van der Waals surface area contributed by atoms with Crippen LogP contribution in [0.4, 0.5) is 14.5 Å². The van der Waals surface area contributed by atoms with Crippen molar-refractivity contribution in [3.05, 3.63) is 65.5 Å². The van der Waals surface area contributed by atoms with Gasteiger partial charge in [0.2, 0.25) is 0 Å². The number of carbonyl (C=O) groups excluding carboxylic acids is 1. The number of nitrogens with one attached hydrogen (secondary N) is 1. The van der Waals surface area contributed by atoms with Crippen LogP contribution < -0.4 is 10.2 Å². The summed E-state index contributed by atoms with van der Waals surface area (Å²) in [5.41, 5.74) is 2.48. The Morgan fingerprint density at radius 1 is 1.09 bits per heavy atom. The number of nitrogens with zero attached hydrogens (tertiary/aromatic N) is 4. The molecule has 2 aromatic heterocycles. The smallest absolute Gasteiger partial charge is 0.255 e. The Morgan fingerprint density at radius 2 is 1.91 bits per heavy atom. The van der Waals surface area contributed by atoms with Crippen LogP contribution in [-0.2, 0) is 0 Å². The monoisotopic (exact) mass is 439 g/mol. The summed E-state index contributed by atoms with van der Waals surface area (Å²) in [6.45, 7) is 2.68. The van der Waals surface area contributed by atoms with Gasteiger partial charge in [-0.05, 0) is 76.2 Å². The van der Waals surface area contributed by atoms with Gasteiger partial charge >= 0.3 is 0 Å². The third-order valence-corrected chi connectivity index (χ3v) is 6.71. The average molecular weight is 440 g/mol. The van der Waals surface area contributed by atoms with Gasteiger partial charge in [-0.15, -0.1) is 0 Å². The van der Waals surface area contributed by atoms with E-state index in [-0.39, 0.29) is 18.0 Å². The first-order valence-corrected chi connectivity index (χ1v) is 11.2. The van der Waals surface area contributed by atoms with Gasteiger partial charge in [-0.2, -0.15) is 5.10 Å². The van der Waals surface area contributed by atoms with Crippen molar-refractivity contribution in [1.29, 1.82) is 0 Å². The van der Waals surface area contributed by atoms with E-state index in [9.17, 15) is 13.6 Å². The number of aromatic nitrogens is 2. The first-order valence-electron chi connectivity index (χ1n) is 11.2. The van der Waals surface area contributed by atoms with Crippen molar-refractivity contribution in [2.24, 2.45) is 0 Å². The topological polar surface area (TPSA) is 52.9 Å². The normalized spacial score (nSPS) is 20.2. The molecule has 2 saturated heterocycles. The van der Waals surface area contributed by atoms with E-state index in [1.807, 2.05) is 18.3 Å². The Bertz CT molecular complexity index is 1140. The SMILES string of the molecule is CN1CCC(NC(=O)c2cnn3ccc(N4CCCC4c4cc(F)ccc4F)cc23)CC1. The van der Waals surface area contributed by atoms with Crippen LogP contribution in [-0.4, -0.2) is 53.1 Å². The van der Waals surface area contributed by atoms with E-state index in [1.54, 1.807) is 10.7 Å². The Balaban J connectivity index is 1.42. The lowest BCUT2D eigenvalue weighted by Gasteiger charge is -2.29. The lowest BCUT2D eigenvalue weighted by Crippen LogP contribution is -2.43. The van der Waals surface area contributed by atoms with Crippen LogP contribution in [0.15, 0.2) is 42.7 Å². The molecule has 8 heteroatoms. The summed E-state index contributed by atoms with van der Waals surface area (Å²) in [7, 11) is 2.09. The van der Waals surface area contributed by atoms with Gasteiger partial charge < -0.3 is 15.1 Å². The molecule has 2 aliphatic heterocycles. The highest BCUT2D eigenvalue weighted by Crippen LogP contribution is 2.38. The number of amides is 1. The second-order valence-corrected chi connectivity index (χ2v) is 8.84. The molecule has 0 spiro atoms. The van der Waals surface area contributed by atoms with Crippen molar-refractivity contribution in [3.63, 3.8) is 0 Å². The number of benzene rings is 1. The molecule has 32 heavy (non-hydrogen) atoms. The Labute approximate surface area is 185 Å². The molecule has 1 atom stereocenters. The predicted molar refractivity (Wildman–Crippen MR) is 119 cm³/mol. The van der Waals surface area contributed by atoms with Crippen LogP contribution in [0.1, 0.15) is 47.6 Å². The fourth-order valence-electron chi connectivity index (χ4n) is 4.91. The van der Waals surface area contributed by atoms with E-state index in [4.69, 9.17) is 0 Å². The van der Waals surface area contributed by atoms with Gasteiger partial charge in [0.25, 0.3) is 5.91 Å². The molecule has 4 heterocycles. The zero-order valence-corrected chi connectivity index (χ0v) is 18.1. The van der Waals surface area contributed by atoms with Gasteiger partial charge in [0.05, 0.1) is 23.3 Å². The highest BCUT2D eigenvalue weighted by Gasteiger charge is 2.29. The lowest BCUT2D eigenvalue weighted by atomic mass is 10.0. The van der Waals surface area contributed by atoms with Crippen molar-refractivity contribution in [3.8, 4) is 0 Å². The number of likely N-dealkylation sites (tertiary alicyclic amines) is 1. The summed E-state index contributed by atoms with van der Waals surface area (Å²) in [5, 5.41) is 7.48. The Morgan fingerprint density at radius 3 is 2.72 bits per heavy atom. The molecular formula is C24H27F2N5O. The molecule has 6 nitrogen and oxygen atoms in total. The fourth-order valence-corrected chi connectivity index (χ4v) is 4.91. The molecular weight excluding hydrogens is 412 g/mol. The largest absolute Gasteiger partial charge is 0.364 e. The molecule has 1 aromatic carbocycles. The molecule has 3 aromatic rings. The Kier molecular flexibility index (Phi) is 5.55. The van der Waals surface area contributed by atoms with Gasteiger partial charge in [-0.1, -0.05) is 0 Å². The van der Waals surface area contributed by atoms with Crippen molar-refractivity contribution in [2.75, 3.05) is 31.6 Å². The molecule has 2 fully saturated rings. The summed E-state index contributed by atoms with van der Waals surface area (Å²) in [4.78, 5) is 17.3. The van der Waals surface area contributed by atoms with Crippen molar-refractivity contribution < 1.29 is 13.6 Å². The molecule has 5 rings (SSSR count). The molecule has 1 unspecified atom stereocenters. The molecule has 1 amide bonds. The standard InChI is InChI=1S/C24H27F2N5O/c1-29-10-6-17(7-11-29)28-24(32)20-15-27-31-12-8-18(14-23(20)31)30-9-2-3-22(30)19-13-16(25)4-5-21(19)26/h4-5,8,12-15,17,22H,2-3,6-7,9-11H2,1H3,(H,28,32). The van der Waals surface area contributed by atoms with Crippen LogP contribution in [0.5, 0.6) is 0 Å². The average Bonchev–Trinajstić information content (AvgIpc) is 3.43. The summed E-state index contributed by atoms with van der Waals surface area (Å²) in [6.07, 6.45) is 6.90. The molecule has 2 aliphatic rings. The van der Waals surface area contributed by atoms with Gasteiger partial charge in [-0.3, -0.25) is 4.79 Å². The van der Waals surface area contributed by atoms with Crippen LogP contribution in [0.3, 0.4) is 0 Å². The van der Waals surface area contributed by atoms with E-state index in [1.165, 1.54) is 12.1 Å². The summed E-state index contributed by atoms with van der Waals surface area (Å²) in [5.74, 6) is -0.958. The van der Waals surface area contributed by atoms with Crippen LogP contribution in [0.25, 0.3) is 5.52 Å². The maximum atomic E-state index is 14.5. The third-order valence-electron chi connectivity index (χ3n) is 6.71. The van der Waals surface area contributed by atoms with Gasteiger partial charge in [-0.25, -0.2) is 13.3 Å². The van der Waals surface area contributed by atoms with Gasteiger partial charge in [0.15, 0.2) is 0 Å². The van der Waals surface area contributed by atoms with E-state index < -0.39 is 11.6 Å². The van der Waals surface area contributed by atoms with E-state index in [0.717, 1.165) is 57.1 Å². The van der Waals surface area contributed by atoms with Crippen molar-refractivity contribution >= 4 is 17.1 Å². The number of fused-ring (bicyclic) bond motifs is 1. The Hall–Kier alpha value is -3.00. The molecule has 0 saturated carbocycles. The van der Waals surface area contributed by atoms with Crippen molar-refractivity contribution in [2.45, 2.75) is 37.8 Å². The molecule has 0 aliphatic carbocycles. The number of anilines is 1. The number of hydrogen-bond acceptors (Lipinski definition) is 4. The minimum Gasteiger partial charge on any atom is -0.364 e. The fraction of sp³-hybridized carbons (Fsp3) is 0.417. The first kappa shape index (κ1) is 20.9. The van der Waals surface area contributed by atoms with Crippen LogP contribution in [0, 0.1) is 11.6 Å². The minimum atomic E-state index is -0.438. The van der Waals surface area contributed by atoms with Gasteiger partial charge in [0.1, 0.15) is 11.6 Å². The minimum absolute atomic E-state index is 0.124. The first-order chi connectivity index (χ1) is 15.5. The molecule has 0 radical (unpaired) electrons. The second-order valence-electron chi connectivity index (χ2n) is 8.84. The van der Waals surface area contributed by atoms with E-state index >= 15 is 0 Å².